The number of hydrogen-bond acceptors (Lipinski definition) is 4. The summed E-state index contributed by atoms with van der Waals surface area (Å²) < 4.78 is 10.8. The largest absolute Gasteiger partial charge is 0.486 e. The molecule has 0 saturated heterocycles. The van der Waals surface area contributed by atoms with Crippen molar-refractivity contribution >= 4 is 11.8 Å². The van der Waals surface area contributed by atoms with Gasteiger partial charge in [-0.15, -0.1) is 0 Å². The smallest absolute Gasteiger partial charge is 0.269 e. The second-order valence-corrected chi connectivity index (χ2v) is 5.29. The van der Waals surface area contributed by atoms with E-state index in [9.17, 15) is 9.59 Å². The first-order valence-corrected chi connectivity index (χ1v) is 7.05. The van der Waals surface area contributed by atoms with Crippen LogP contribution in [0.5, 0.6) is 11.5 Å². The summed E-state index contributed by atoms with van der Waals surface area (Å²) in [6.07, 6.45) is 1.17. The van der Waals surface area contributed by atoms with Gasteiger partial charge >= 0.3 is 0 Å². The van der Waals surface area contributed by atoms with Crippen molar-refractivity contribution in [3.8, 4) is 11.5 Å². The zero-order chi connectivity index (χ0) is 15.2. The minimum Gasteiger partial charge on any atom is -0.486 e. The Morgan fingerprint density at radius 1 is 1.14 bits per heavy atom. The molecule has 0 fully saturated rings. The van der Waals surface area contributed by atoms with Crippen LogP contribution in [-0.2, 0) is 4.79 Å². The third-order valence-electron chi connectivity index (χ3n) is 3.07. The molecule has 1 aliphatic rings. The maximum atomic E-state index is 12.0. The summed E-state index contributed by atoms with van der Waals surface area (Å²) in [5, 5.41) is 0. The Balaban J connectivity index is 1.87. The second kappa shape index (κ2) is 6.97. The molecule has 2 amide bonds. The molecule has 0 aliphatic carbocycles. The molecule has 0 spiro atoms. The lowest BCUT2D eigenvalue weighted by Gasteiger charge is -2.18. The molecule has 0 radical (unpaired) electrons. The molecule has 6 heteroatoms. The van der Waals surface area contributed by atoms with Crippen LogP contribution in [0.4, 0.5) is 0 Å². The minimum absolute atomic E-state index is 0.199. The molecule has 2 N–H and O–H groups in total. The number of rotatable bonds is 4. The second-order valence-electron chi connectivity index (χ2n) is 5.29. The number of hydrazine groups is 1. The molecule has 1 aromatic carbocycles. The number of hydrogen-bond donors (Lipinski definition) is 2. The van der Waals surface area contributed by atoms with Crippen LogP contribution >= 0.6 is 0 Å². The fourth-order valence-corrected chi connectivity index (χ4v) is 1.87. The van der Waals surface area contributed by atoms with E-state index in [2.05, 4.69) is 10.9 Å². The Morgan fingerprint density at radius 3 is 2.57 bits per heavy atom. The Morgan fingerprint density at radius 2 is 1.86 bits per heavy atom. The van der Waals surface area contributed by atoms with E-state index in [1.807, 2.05) is 13.8 Å². The molecule has 114 valence electrons. The quantitative estimate of drug-likeness (QED) is 0.827. The minimum atomic E-state index is -0.384. The number of amides is 2. The van der Waals surface area contributed by atoms with Gasteiger partial charge in [0.25, 0.3) is 5.91 Å². The fraction of sp³-hybridized carbons (Fsp3) is 0.467. The van der Waals surface area contributed by atoms with E-state index in [1.165, 1.54) is 0 Å². The summed E-state index contributed by atoms with van der Waals surface area (Å²) in [5.41, 5.74) is 5.21. The number of fused-ring (bicyclic) bond motifs is 1. The lowest BCUT2D eigenvalue weighted by Crippen LogP contribution is -2.41. The molecular formula is C15H20N2O4. The van der Waals surface area contributed by atoms with Crippen LogP contribution in [0.1, 0.15) is 37.0 Å². The number of nitrogens with one attached hydrogen (secondary N) is 2. The van der Waals surface area contributed by atoms with Crippen molar-refractivity contribution in [2.45, 2.75) is 26.7 Å². The van der Waals surface area contributed by atoms with E-state index >= 15 is 0 Å². The number of carbonyl (C=O) groups is 2. The first kappa shape index (κ1) is 15.2. The Kier molecular flexibility index (Phi) is 5.03. The zero-order valence-corrected chi connectivity index (χ0v) is 12.3. The summed E-state index contributed by atoms with van der Waals surface area (Å²) in [4.78, 5) is 23.5. The van der Waals surface area contributed by atoms with Gasteiger partial charge in [0.2, 0.25) is 5.91 Å². The van der Waals surface area contributed by atoms with E-state index < -0.39 is 0 Å². The number of benzene rings is 1. The van der Waals surface area contributed by atoms with Gasteiger partial charge in [0.05, 0.1) is 0 Å². The number of carbonyl (C=O) groups excluding carboxylic acids is 2. The van der Waals surface area contributed by atoms with Crippen molar-refractivity contribution in [1.82, 2.24) is 10.9 Å². The zero-order valence-electron chi connectivity index (χ0n) is 12.3. The third-order valence-corrected chi connectivity index (χ3v) is 3.07. The normalized spacial score (nSPS) is 12.9. The summed E-state index contributed by atoms with van der Waals surface area (Å²) in [6.45, 7) is 5.05. The van der Waals surface area contributed by atoms with Gasteiger partial charge < -0.3 is 9.47 Å². The van der Waals surface area contributed by atoms with Gasteiger partial charge in [0, 0.05) is 12.0 Å². The predicted molar refractivity (Wildman–Crippen MR) is 77.1 cm³/mol. The maximum absolute atomic E-state index is 12.0. The monoisotopic (exact) mass is 292 g/mol. The molecule has 1 aromatic rings. The summed E-state index contributed by atoms with van der Waals surface area (Å²) in [7, 11) is 0. The van der Waals surface area contributed by atoms with Crippen LogP contribution in [0, 0.1) is 5.92 Å². The highest BCUT2D eigenvalue weighted by atomic mass is 16.6. The van der Waals surface area contributed by atoms with Crippen molar-refractivity contribution < 1.29 is 19.1 Å². The van der Waals surface area contributed by atoms with Gasteiger partial charge in [-0.2, -0.15) is 0 Å². The maximum Gasteiger partial charge on any atom is 0.269 e. The lowest BCUT2D eigenvalue weighted by atomic mass is 10.1. The van der Waals surface area contributed by atoms with E-state index in [0.717, 1.165) is 6.42 Å². The van der Waals surface area contributed by atoms with Crippen LogP contribution in [0.25, 0.3) is 0 Å². The molecule has 1 aliphatic heterocycles. The van der Waals surface area contributed by atoms with E-state index in [-0.39, 0.29) is 11.8 Å². The fourth-order valence-electron chi connectivity index (χ4n) is 1.87. The van der Waals surface area contributed by atoms with E-state index in [0.29, 0.717) is 42.6 Å². The van der Waals surface area contributed by atoms with Gasteiger partial charge in [-0.25, -0.2) is 0 Å². The van der Waals surface area contributed by atoms with E-state index in [4.69, 9.17) is 9.47 Å². The van der Waals surface area contributed by atoms with Gasteiger partial charge in [0.15, 0.2) is 11.5 Å². The van der Waals surface area contributed by atoms with Crippen LogP contribution in [-0.4, -0.2) is 25.0 Å². The molecule has 0 aromatic heterocycles. The third kappa shape index (κ3) is 4.37. The van der Waals surface area contributed by atoms with Crippen LogP contribution in [0.15, 0.2) is 18.2 Å². The standard InChI is InChI=1S/C15H20N2O4/c1-10(2)3-6-14(18)16-17-15(19)11-4-5-12-13(9-11)21-8-7-20-12/h4-5,9-10H,3,6-8H2,1-2H3,(H,16,18)(H,17,19). The Labute approximate surface area is 123 Å². The van der Waals surface area contributed by atoms with Crippen molar-refractivity contribution in [2.24, 2.45) is 5.92 Å². The average molecular weight is 292 g/mol. The lowest BCUT2D eigenvalue weighted by molar-refractivity contribution is -0.122. The predicted octanol–water partition coefficient (Wildman–Crippen LogP) is 1.65. The van der Waals surface area contributed by atoms with Gasteiger partial charge in [0.1, 0.15) is 13.2 Å². The van der Waals surface area contributed by atoms with Gasteiger partial charge in [-0.3, -0.25) is 20.4 Å². The Bertz CT molecular complexity index is 528. The van der Waals surface area contributed by atoms with Crippen molar-refractivity contribution in [3.05, 3.63) is 23.8 Å². The van der Waals surface area contributed by atoms with Crippen molar-refractivity contribution in [3.63, 3.8) is 0 Å². The average Bonchev–Trinajstić information content (AvgIpc) is 2.50. The Hall–Kier alpha value is -2.24. The van der Waals surface area contributed by atoms with Crippen molar-refractivity contribution in [2.75, 3.05) is 13.2 Å². The van der Waals surface area contributed by atoms with Crippen molar-refractivity contribution in [1.29, 1.82) is 0 Å². The highest BCUT2D eigenvalue weighted by molar-refractivity contribution is 5.96. The van der Waals surface area contributed by atoms with Crippen LogP contribution < -0.4 is 20.3 Å². The summed E-state index contributed by atoms with van der Waals surface area (Å²) in [6, 6.07) is 4.91. The summed E-state index contributed by atoms with van der Waals surface area (Å²) in [5.74, 6) is 1.03. The SMILES string of the molecule is CC(C)CCC(=O)NNC(=O)c1ccc2c(c1)OCCO2. The van der Waals surface area contributed by atoms with E-state index in [1.54, 1.807) is 18.2 Å². The first-order chi connectivity index (χ1) is 10.1. The van der Waals surface area contributed by atoms with Crippen LogP contribution in [0.2, 0.25) is 0 Å². The molecule has 0 unspecified atom stereocenters. The van der Waals surface area contributed by atoms with Crippen LogP contribution in [0.3, 0.4) is 0 Å². The summed E-state index contributed by atoms with van der Waals surface area (Å²) >= 11 is 0. The highest BCUT2D eigenvalue weighted by Crippen LogP contribution is 2.30. The molecule has 0 atom stereocenters. The first-order valence-electron chi connectivity index (χ1n) is 7.05. The van der Waals surface area contributed by atoms with Gasteiger partial charge in [-0.05, 0) is 30.5 Å². The highest BCUT2D eigenvalue weighted by Gasteiger charge is 2.15. The topological polar surface area (TPSA) is 76.7 Å². The van der Waals surface area contributed by atoms with Gasteiger partial charge in [-0.1, -0.05) is 13.8 Å². The molecule has 0 saturated carbocycles. The molecule has 1 heterocycles. The molecule has 0 bridgehead atoms. The number of ether oxygens (including phenoxy) is 2. The molecule has 2 rings (SSSR count). The molecule has 21 heavy (non-hydrogen) atoms. The molecular weight excluding hydrogens is 272 g/mol. The molecule has 6 nitrogen and oxygen atoms in total.